The van der Waals surface area contributed by atoms with E-state index in [1.54, 1.807) is 0 Å². The molecule has 1 aromatic rings. The van der Waals surface area contributed by atoms with Crippen LogP contribution in [0.5, 0.6) is 5.75 Å². The highest BCUT2D eigenvalue weighted by Crippen LogP contribution is 2.14. The molecule has 0 N–H and O–H groups in total. The molecule has 74 valence electrons. The first-order valence-corrected chi connectivity index (χ1v) is 4.87. The van der Waals surface area contributed by atoms with Crippen molar-refractivity contribution in [2.24, 2.45) is 5.92 Å². The molecule has 0 atom stereocenters. The van der Waals surface area contributed by atoms with Gasteiger partial charge in [-0.1, -0.05) is 31.9 Å². The molecule has 0 unspecified atom stereocenters. The minimum atomic E-state index is 0.337. The summed E-state index contributed by atoms with van der Waals surface area (Å²) in [5.41, 5.74) is 1.34. The van der Waals surface area contributed by atoms with Gasteiger partial charge in [0.2, 0.25) is 0 Å². The molecule has 1 nitrogen and oxygen atoms in total. The molecule has 0 heterocycles. The van der Waals surface area contributed by atoms with Gasteiger partial charge < -0.3 is 4.74 Å². The van der Waals surface area contributed by atoms with Crippen LogP contribution in [0.4, 0.5) is 0 Å². The fourth-order valence-corrected chi connectivity index (χ4v) is 1.32. The first kappa shape index (κ1) is 10.7. The maximum Gasteiger partial charge on any atom is 0.148 e. The summed E-state index contributed by atoms with van der Waals surface area (Å²) in [5.74, 6) is 3.97. The molecule has 0 saturated carbocycles. The van der Waals surface area contributed by atoms with Crippen molar-refractivity contribution in [3.63, 3.8) is 0 Å². The maximum atomic E-state index is 5.28. The Hall–Kier alpha value is -1.42. The normalized spacial score (nSPS) is 9.86. The van der Waals surface area contributed by atoms with Crippen LogP contribution >= 0.6 is 0 Å². The second-order valence-electron chi connectivity index (χ2n) is 3.73. The van der Waals surface area contributed by atoms with Gasteiger partial charge in [-0.2, -0.15) is 0 Å². The number of hydrogen-bond acceptors (Lipinski definition) is 1. The van der Waals surface area contributed by atoms with Crippen LogP contribution in [0.25, 0.3) is 0 Å². The molecular formula is C13H16O. The van der Waals surface area contributed by atoms with Crippen molar-refractivity contribution in [3.8, 4) is 18.1 Å². The second-order valence-corrected chi connectivity index (χ2v) is 3.73. The fraction of sp³-hybridized carbons (Fsp3) is 0.385. The average molecular weight is 188 g/mol. The summed E-state index contributed by atoms with van der Waals surface area (Å²) < 4.78 is 5.28. The Morgan fingerprint density at radius 3 is 2.43 bits per heavy atom. The van der Waals surface area contributed by atoms with Gasteiger partial charge in [0, 0.05) is 0 Å². The lowest BCUT2D eigenvalue weighted by Gasteiger charge is -2.06. The van der Waals surface area contributed by atoms with Crippen LogP contribution < -0.4 is 4.74 Å². The Morgan fingerprint density at radius 2 is 1.93 bits per heavy atom. The smallest absolute Gasteiger partial charge is 0.148 e. The third-order valence-electron chi connectivity index (χ3n) is 1.89. The monoisotopic (exact) mass is 188 g/mol. The van der Waals surface area contributed by atoms with Crippen LogP contribution in [0.3, 0.4) is 0 Å². The molecule has 0 aromatic heterocycles. The summed E-state index contributed by atoms with van der Waals surface area (Å²) in [6, 6.07) is 8.11. The minimum Gasteiger partial charge on any atom is -0.481 e. The van der Waals surface area contributed by atoms with E-state index in [-0.39, 0.29) is 0 Å². The molecule has 0 spiro atoms. The summed E-state index contributed by atoms with van der Waals surface area (Å²) in [7, 11) is 0. The van der Waals surface area contributed by atoms with E-state index in [0.717, 1.165) is 12.2 Å². The predicted octanol–water partition coefficient (Wildman–Crippen LogP) is 2.90. The third kappa shape index (κ3) is 3.53. The zero-order valence-corrected chi connectivity index (χ0v) is 8.79. The van der Waals surface area contributed by atoms with E-state index in [4.69, 9.17) is 11.2 Å². The largest absolute Gasteiger partial charge is 0.481 e. The number of hydrogen-bond donors (Lipinski definition) is 0. The zero-order valence-electron chi connectivity index (χ0n) is 8.79. The molecule has 0 aliphatic carbocycles. The van der Waals surface area contributed by atoms with E-state index in [1.807, 2.05) is 12.1 Å². The van der Waals surface area contributed by atoms with Gasteiger partial charge in [-0.15, -0.1) is 6.42 Å². The first-order valence-electron chi connectivity index (χ1n) is 4.87. The Bertz CT molecular complexity index is 303. The molecule has 1 aromatic carbocycles. The molecular weight excluding hydrogens is 172 g/mol. The second kappa shape index (κ2) is 5.34. The van der Waals surface area contributed by atoms with Crippen molar-refractivity contribution in [2.45, 2.75) is 20.3 Å². The Morgan fingerprint density at radius 1 is 1.29 bits per heavy atom. The van der Waals surface area contributed by atoms with E-state index in [1.165, 1.54) is 5.56 Å². The Kier molecular flexibility index (Phi) is 4.07. The lowest BCUT2D eigenvalue weighted by atomic mass is 10.0. The minimum absolute atomic E-state index is 0.337. The van der Waals surface area contributed by atoms with Crippen LogP contribution in [-0.4, -0.2) is 6.61 Å². The SMILES string of the molecule is C#CCOc1ccc(CC(C)C)cc1. The van der Waals surface area contributed by atoms with E-state index in [2.05, 4.69) is 31.9 Å². The summed E-state index contributed by atoms with van der Waals surface area (Å²) in [4.78, 5) is 0. The molecule has 0 saturated heterocycles. The quantitative estimate of drug-likeness (QED) is 0.660. The fourth-order valence-electron chi connectivity index (χ4n) is 1.32. The Labute approximate surface area is 86.1 Å². The standard InChI is InChI=1S/C13H16O/c1-4-9-14-13-7-5-12(6-8-13)10-11(2)3/h1,5-8,11H,9-10H2,2-3H3. The number of ether oxygens (including phenoxy) is 1. The Balaban J connectivity index is 2.56. The molecule has 0 bridgehead atoms. The summed E-state index contributed by atoms with van der Waals surface area (Å²) >= 11 is 0. The zero-order chi connectivity index (χ0) is 10.4. The van der Waals surface area contributed by atoms with Crippen LogP contribution in [0.15, 0.2) is 24.3 Å². The van der Waals surface area contributed by atoms with Crippen molar-refractivity contribution in [2.75, 3.05) is 6.61 Å². The number of terminal acetylenes is 1. The van der Waals surface area contributed by atoms with Gasteiger partial charge in [0.05, 0.1) is 0 Å². The molecule has 0 radical (unpaired) electrons. The van der Waals surface area contributed by atoms with E-state index < -0.39 is 0 Å². The van der Waals surface area contributed by atoms with Crippen molar-refractivity contribution in [1.29, 1.82) is 0 Å². The highest BCUT2D eigenvalue weighted by atomic mass is 16.5. The molecule has 14 heavy (non-hydrogen) atoms. The van der Waals surface area contributed by atoms with Crippen molar-refractivity contribution in [1.82, 2.24) is 0 Å². The van der Waals surface area contributed by atoms with Gasteiger partial charge in [-0.3, -0.25) is 0 Å². The van der Waals surface area contributed by atoms with Crippen LogP contribution in [0.2, 0.25) is 0 Å². The summed E-state index contributed by atoms with van der Waals surface area (Å²) in [6.07, 6.45) is 6.20. The van der Waals surface area contributed by atoms with Gasteiger partial charge in [0.1, 0.15) is 12.4 Å². The van der Waals surface area contributed by atoms with E-state index in [9.17, 15) is 0 Å². The van der Waals surface area contributed by atoms with E-state index >= 15 is 0 Å². The number of benzene rings is 1. The van der Waals surface area contributed by atoms with Crippen molar-refractivity contribution >= 4 is 0 Å². The summed E-state index contributed by atoms with van der Waals surface area (Å²) in [5, 5.41) is 0. The molecule has 0 aliphatic rings. The molecule has 1 heteroatoms. The van der Waals surface area contributed by atoms with Gasteiger partial charge in [-0.25, -0.2) is 0 Å². The van der Waals surface area contributed by atoms with Crippen LogP contribution in [0, 0.1) is 18.3 Å². The highest BCUT2D eigenvalue weighted by molar-refractivity contribution is 5.27. The molecule has 0 amide bonds. The topological polar surface area (TPSA) is 9.23 Å². The van der Waals surface area contributed by atoms with Gasteiger partial charge >= 0.3 is 0 Å². The highest BCUT2D eigenvalue weighted by Gasteiger charge is 1.97. The average Bonchev–Trinajstić information content (AvgIpc) is 2.16. The molecule has 0 fully saturated rings. The van der Waals surface area contributed by atoms with Crippen molar-refractivity contribution < 1.29 is 4.74 Å². The summed E-state index contributed by atoms with van der Waals surface area (Å²) in [6.45, 7) is 4.76. The van der Waals surface area contributed by atoms with Crippen LogP contribution in [0.1, 0.15) is 19.4 Å². The lowest BCUT2D eigenvalue weighted by Crippen LogP contribution is -1.96. The van der Waals surface area contributed by atoms with Gasteiger partial charge in [0.15, 0.2) is 0 Å². The van der Waals surface area contributed by atoms with E-state index in [0.29, 0.717) is 12.5 Å². The maximum absolute atomic E-state index is 5.28. The van der Waals surface area contributed by atoms with Gasteiger partial charge in [0.25, 0.3) is 0 Å². The first-order chi connectivity index (χ1) is 6.72. The molecule has 1 rings (SSSR count). The third-order valence-corrected chi connectivity index (χ3v) is 1.89. The van der Waals surface area contributed by atoms with Crippen LogP contribution in [-0.2, 0) is 6.42 Å². The number of rotatable bonds is 4. The lowest BCUT2D eigenvalue weighted by molar-refractivity contribution is 0.370. The predicted molar refractivity (Wildman–Crippen MR) is 59.3 cm³/mol. The van der Waals surface area contributed by atoms with Gasteiger partial charge in [-0.05, 0) is 30.0 Å². The van der Waals surface area contributed by atoms with Crippen molar-refractivity contribution in [3.05, 3.63) is 29.8 Å². The molecule has 0 aliphatic heterocycles.